The number of hydrogen-bond donors (Lipinski definition) is 1. The van der Waals surface area contributed by atoms with Gasteiger partial charge in [0.2, 0.25) is 0 Å². The van der Waals surface area contributed by atoms with Crippen LogP contribution in [-0.4, -0.2) is 26.4 Å². The predicted molar refractivity (Wildman–Crippen MR) is 92.2 cm³/mol. The summed E-state index contributed by atoms with van der Waals surface area (Å²) >= 11 is 0. The number of aromatic nitrogens is 3. The first-order valence-electron chi connectivity index (χ1n) is 8.39. The number of pyridine rings is 1. The normalized spacial score (nSPS) is 14.2. The molecule has 1 N–H and O–H groups in total. The van der Waals surface area contributed by atoms with Crippen LogP contribution in [0.2, 0.25) is 0 Å². The van der Waals surface area contributed by atoms with Gasteiger partial charge in [0, 0.05) is 55.6 Å². The number of benzene rings is 1. The van der Waals surface area contributed by atoms with E-state index in [0.29, 0.717) is 41.7 Å². The highest BCUT2D eigenvalue weighted by molar-refractivity contribution is 5.53. The molecule has 1 aliphatic rings. The monoisotopic (exact) mass is 372 g/mol. The van der Waals surface area contributed by atoms with Crippen LogP contribution in [-0.2, 0) is 19.5 Å². The molecular formula is C19H15F3N4O. The predicted octanol–water partition coefficient (Wildman–Crippen LogP) is 2.81. The molecule has 8 heteroatoms. The first-order chi connectivity index (χ1) is 13.0. The molecule has 0 bridgehead atoms. The topological polar surface area (TPSA) is 61.9 Å². The van der Waals surface area contributed by atoms with Gasteiger partial charge in [0.15, 0.2) is 11.6 Å². The van der Waals surface area contributed by atoms with E-state index in [4.69, 9.17) is 0 Å². The molecule has 0 spiro atoms. The average molecular weight is 372 g/mol. The fourth-order valence-corrected chi connectivity index (χ4v) is 3.18. The van der Waals surface area contributed by atoms with E-state index in [1.807, 2.05) is 0 Å². The second kappa shape index (κ2) is 6.96. The first-order valence-corrected chi connectivity index (χ1v) is 8.39. The van der Waals surface area contributed by atoms with Crippen molar-refractivity contribution < 1.29 is 13.2 Å². The van der Waals surface area contributed by atoms with Crippen molar-refractivity contribution >= 4 is 0 Å². The molecule has 0 radical (unpaired) electrons. The molecule has 0 unspecified atom stereocenters. The van der Waals surface area contributed by atoms with E-state index in [9.17, 15) is 18.0 Å². The van der Waals surface area contributed by atoms with Gasteiger partial charge in [0.05, 0.1) is 11.3 Å². The Hall–Kier alpha value is -3.00. The maximum atomic E-state index is 13.9. The van der Waals surface area contributed by atoms with Gasteiger partial charge in [-0.1, -0.05) is 0 Å². The zero-order valence-corrected chi connectivity index (χ0v) is 14.2. The molecule has 0 saturated carbocycles. The molecule has 4 rings (SSSR count). The second-order valence-electron chi connectivity index (χ2n) is 6.40. The zero-order chi connectivity index (χ0) is 19.0. The Morgan fingerprint density at radius 3 is 2.74 bits per heavy atom. The number of H-pyrrole nitrogens is 1. The molecule has 1 aromatic carbocycles. The second-order valence-corrected chi connectivity index (χ2v) is 6.40. The van der Waals surface area contributed by atoms with Gasteiger partial charge < -0.3 is 4.98 Å². The van der Waals surface area contributed by atoms with E-state index in [2.05, 4.69) is 15.0 Å². The highest BCUT2D eigenvalue weighted by Gasteiger charge is 2.23. The molecule has 3 aromatic rings. The Morgan fingerprint density at radius 1 is 1.15 bits per heavy atom. The number of halogens is 3. The maximum absolute atomic E-state index is 13.9. The van der Waals surface area contributed by atoms with Crippen molar-refractivity contribution in [3.8, 4) is 11.4 Å². The van der Waals surface area contributed by atoms with Crippen LogP contribution in [0.4, 0.5) is 13.2 Å². The molecule has 0 fully saturated rings. The van der Waals surface area contributed by atoms with Gasteiger partial charge in [-0.25, -0.2) is 18.2 Å². The van der Waals surface area contributed by atoms with E-state index in [-0.39, 0.29) is 24.2 Å². The average Bonchev–Trinajstić information content (AvgIpc) is 2.67. The Kier molecular flexibility index (Phi) is 4.49. The van der Waals surface area contributed by atoms with Gasteiger partial charge in [-0.2, -0.15) is 0 Å². The lowest BCUT2D eigenvalue weighted by Crippen LogP contribution is -2.35. The molecule has 0 amide bonds. The van der Waals surface area contributed by atoms with Gasteiger partial charge >= 0.3 is 0 Å². The lowest BCUT2D eigenvalue weighted by atomic mass is 10.1. The highest BCUT2D eigenvalue weighted by Crippen LogP contribution is 2.21. The minimum atomic E-state index is -1.22. The van der Waals surface area contributed by atoms with E-state index in [0.717, 1.165) is 6.07 Å². The van der Waals surface area contributed by atoms with Gasteiger partial charge in [-0.05, 0) is 18.2 Å². The van der Waals surface area contributed by atoms with Crippen molar-refractivity contribution in [3.63, 3.8) is 0 Å². The van der Waals surface area contributed by atoms with Crippen molar-refractivity contribution in [1.82, 2.24) is 19.9 Å². The standard InChI is InChI=1S/C19H15F3N4O/c20-14-7-16(22)15(21)6-12(14)9-26-5-3-17-13(10-26)19(27)25-18(24-17)11-2-1-4-23-8-11/h1-2,4,6-8H,3,5,9-10H2,(H,24,25,27). The van der Waals surface area contributed by atoms with E-state index < -0.39 is 17.5 Å². The lowest BCUT2D eigenvalue weighted by Gasteiger charge is -2.27. The van der Waals surface area contributed by atoms with Crippen molar-refractivity contribution in [2.75, 3.05) is 6.54 Å². The molecule has 0 aliphatic carbocycles. The van der Waals surface area contributed by atoms with Crippen LogP contribution in [0.1, 0.15) is 16.8 Å². The summed E-state index contributed by atoms with van der Waals surface area (Å²) in [6.45, 7) is 0.851. The third kappa shape index (κ3) is 3.48. The quantitative estimate of drug-likeness (QED) is 0.719. The van der Waals surface area contributed by atoms with Crippen LogP contribution in [0, 0.1) is 17.5 Å². The Bertz CT molecular complexity index is 1050. The SMILES string of the molecule is O=c1[nH]c(-c2cccnc2)nc2c1CN(Cc1cc(F)c(F)cc1F)CC2. The summed E-state index contributed by atoms with van der Waals surface area (Å²) in [5, 5.41) is 0. The number of aromatic amines is 1. The van der Waals surface area contributed by atoms with E-state index in [1.54, 1.807) is 29.4 Å². The molecule has 138 valence electrons. The van der Waals surface area contributed by atoms with Crippen LogP contribution < -0.4 is 5.56 Å². The molecule has 0 atom stereocenters. The summed E-state index contributed by atoms with van der Waals surface area (Å²) in [5.74, 6) is -2.67. The first kappa shape index (κ1) is 17.4. The summed E-state index contributed by atoms with van der Waals surface area (Å²) in [6.07, 6.45) is 3.75. The largest absolute Gasteiger partial charge is 0.306 e. The number of hydrogen-bond acceptors (Lipinski definition) is 4. The summed E-state index contributed by atoms with van der Waals surface area (Å²) < 4.78 is 40.4. The number of rotatable bonds is 3. The number of nitrogens with zero attached hydrogens (tertiary/aromatic N) is 3. The van der Waals surface area contributed by atoms with E-state index >= 15 is 0 Å². The van der Waals surface area contributed by atoms with Crippen molar-refractivity contribution in [1.29, 1.82) is 0 Å². The van der Waals surface area contributed by atoms with Crippen LogP contribution in [0.3, 0.4) is 0 Å². The zero-order valence-electron chi connectivity index (χ0n) is 14.2. The third-order valence-corrected chi connectivity index (χ3v) is 4.57. The van der Waals surface area contributed by atoms with Gasteiger partial charge in [-0.3, -0.25) is 14.7 Å². The summed E-state index contributed by atoms with van der Waals surface area (Å²) in [6, 6.07) is 4.96. The smallest absolute Gasteiger partial charge is 0.255 e. The van der Waals surface area contributed by atoms with Crippen molar-refractivity contribution in [2.24, 2.45) is 0 Å². The molecule has 2 aromatic heterocycles. The molecule has 27 heavy (non-hydrogen) atoms. The molecule has 5 nitrogen and oxygen atoms in total. The van der Waals surface area contributed by atoms with Crippen LogP contribution >= 0.6 is 0 Å². The van der Waals surface area contributed by atoms with E-state index in [1.165, 1.54) is 0 Å². The Labute approximate surface area is 152 Å². The minimum Gasteiger partial charge on any atom is -0.306 e. The van der Waals surface area contributed by atoms with Crippen LogP contribution in [0.25, 0.3) is 11.4 Å². The number of fused-ring (bicyclic) bond motifs is 1. The fourth-order valence-electron chi connectivity index (χ4n) is 3.18. The molecule has 1 aliphatic heterocycles. The van der Waals surface area contributed by atoms with Gasteiger partial charge in [-0.15, -0.1) is 0 Å². The molecule has 3 heterocycles. The Balaban J connectivity index is 1.59. The number of nitrogens with one attached hydrogen (secondary N) is 1. The molecular weight excluding hydrogens is 357 g/mol. The minimum absolute atomic E-state index is 0.0497. The van der Waals surface area contributed by atoms with Crippen LogP contribution in [0.5, 0.6) is 0 Å². The maximum Gasteiger partial charge on any atom is 0.255 e. The fraction of sp³-hybridized carbons (Fsp3) is 0.211. The highest BCUT2D eigenvalue weighted by atomic mass is 19.2. The van der Waals surface area contributed by atoms with Crippen LogP contribution in [0.15, 0.2) is 41.5 Å². The van der Waals surface area contributed by atoms with Crippen molar-refractivity contribution in [2.45, 2.75) is 19.5 Å². The summed E-state index contributed by atoms with van der Waals surface area (Å²) in [7, 11) is 0. The lowest BCUT2D eigenvalue weighted by molar-refractivity contribution is 0.238. The molecule has 0 saturated heterocycles. The third-order valence-electron chi connectivity index (χ3n) is 4.57. The van der Waals surface area contributed by atoms with Crippen molar-refractivity contribution in [3.05, 3.63) is 81.3 Å². The Morgan fingerprint density at radius 2 is 1.96 bits per heavy atom. The van der Waals surface area contributed by atoms with Gasteiger partial charge in [0.1, 0.15) is 11.6 Å². The summed E-state index contributed by atoms with van der Waals surface area (Å²) in [4.78, 5) is 25.6. The van der Waals surface area contributed by atoms with Gasteiger partial charge in [0.25, 0.3) is 5.56 Å². The summed E-state index contributed by atoms with van der Waals surface area (Å²) in [5.41, 5.74) is 1.67.